The van der Waals surface area contributed by atoms with Gasteiger partial charge in [-0.05, 0) is 56.2 Å². The molecule has 2 aromatic rings. The molecule has 0 amide bonds. The summed E-state index contributed by atoms with van der Waals surface area (Å²) in [5, 5.41) is 14.2. The van der Waals surface area contributed by atoms with E-state index in [-0.39, 0.29) is 23.8 Å². The number of benzene rings is 1. The van der Waals surface area contributed by atoms with Crippen molar-refractivity contribution in [3.8, 4) is 0 Å². The van der Waals surface area contributed by atoms with Crippen LogP contribution in [0.3, 0.4) is 0 Å². The third kappa shape index (κ3) is 3.00. The Balaban J connectivity index is 1.78. The summed E-state index contributed by atoms with van der Waals surface area (Å²) in [6.07, 6.45) is 4.45. The lowest BCUT2D eigenvalue weighted by Gasteiger charge is -2.52. The number of esters is 1. The number of oxime groups is 1. The van der Waals surface area contributed by atoms with Crippen LogP contribution >= 0.6 is 0 Å². The molecule has 2 aliphatic rings. The number of rotatable bonds is 5. The molecule has 1 aromatic carbocycles. The molecule has 6 heteroatoms. The van der Waals surface area contributed by atoms with E-state index in [1.807, 2.05) is 0 Å². The van der Waals surface area contributed by atoms with Gasteiger partial charge >= 0.3 is 5.97 Å². The number of aromatic nitrogens is 1. The Kier molecular flexibility index (Phi) is 5.15. The molecule has 28 heavy (non-hydrogen) atoms. The van der Waals surface area contributed by atoms with Crippen LogP contribution in [0.2, 0.25) is 0 Å². The SMILES string of the molecule is CCOC(=O)/C(C[C@]1(CC)CCCN2CCc3c([nH]c4ccccc34)[C@@H]21)=N/O. The number of aromatic amines is 1. The molecule has 2 N–H and O–H groups in total. The number of hydrogen-bond acceptors (Lipinski definition) is 5. The summed E-state index contributed by atoms with van der Waals surface area (Å²) in [4.78, 5) is 18.6. The first-order valence-corrected chi connectivity index (χ1v) is 10.3. The van der Waals surface area contributed by atoms with Gasteiger partial charge in [0.05, 0.1) is 12.6 Å². The van der Waals surface area contributed by atoms with Gasteiger partial charge in [0.25, 0.3) is 0 Å². The Morgan fingerprint density at radius 3 is 2.93 bits per heavy atom. The Morgan fingerprint density at radius 2 is 2.18 bits per heavy atom. The number of H-pyrrole nitrogens is 1. The second-order valence-corrected chi connectivity index (χ2v) is 8.01. The van der Waals surface area contributed by atoms with Crippen molar-refractivity contribution in [2.45, 2.75) is 52.0 Å². The van der Waals surface area contributed by atoms with Crippen molar-refractivity contribution < 1.29 is 14.7 Å². The summed E-state index contributed by atoms with van der Waals surface area (Å²) in [5.41, 5.74) is 3.81. The maximum Gasteiger partial charge on any atom is 0.356 e. The number of piperidine rings is 1. The second kappa shape index (κ2) is 7.59. The molecule has 1 saturated heterocycles. The highest BCUT2D eigenvalue weighted by molar-refractivity contribution is 6.36. The number of hydrogen-bond donors (Lipinski definition) is 2. The third-order valence-electron chi connectivity index (χ3n) is 6.69. The smallest absolute Gasteiger partial charge is 0.356 e. The number of fused-ring (bicyclic) bond motifs is 5. The van der Waals surface area contributed by atoms with E-state index in [0.29, 0.717) is 6.42 Å². The van der Waals surface area contributed by atoms with Crippen LogP contribution in [0, 0.1) is 5.41 Å². The topological polar surface area (TPSA) is 77.9 Å². The highest BCUT2D eigenvalue weighted by Crippen LogP contribution is 2.53. The summed E-state index contributed by atoms with van der Waals surface area (Å²) in [5.74, 6) is -0.511. The first kappa shape index (κ1) is 19.0. The van der Waals surface area contributed by atoms with Gasteiger partial charge < -0.3 is 14.9 Å². The molecule has 4 rings (SSSR count). The van der Waals surface area contributed by atoms with Gasteiger partial charge in [0.2, 0.25) is 0 Å². The van der Waals surface area contributed by atoms with E-state index in [4.69, 9.17) is 4.74 Å². The number of carbonyl (C=O) groups is 1. The second-order valence-electron chi connectivity index (χ2n) is 8.01. The normalized spacial score (nSPS) is 25.4. The number of ether oxygens (including phenoxy) is 1. The predicted octanol–water partition coefficient (Wildman–Crippen LogP) is 4.04. The minimum absolute atomic E-state index is 0.133. The molecule has 0 aliphatic carbocycles. The van der Waals surface area contributed by atoms with Gasteiger partial charge in [0.1, 0.15) is 0 Å². The predicted molar refractivity (Wildman–Crippen MR) is 109 cm³/mol. The van der Waals surface area contributed by atoms with E-state index in [0.717, 1.165) is 38.8 Å². The average Bonchev–Trinajstić information content (AvgIpc) is 3.10. The van der Waals surface area contributed by atoms with Gasteiger partial charge in [-0.25, -0.2) is 4.79 Å². The molecule has 0 spiro atoms. The van der Waals surface area contributed by atoms with Crippen LogP contribution in [0.5, 0.6) is 0 Å². The molecular formula is C22H29N3O3. The number of para-hydroxylation sites is 1. The molecule has 6 nitrogen and oxygen atoms in total. The maximum atomic E-state index is 12.3. The monoisotopic (exact) mass is 383 g/mol. The zero-order valence-corrected chi connectivity index (χ0v) is 16.7. The van der Waals surface area contributed by atoms with Gasteiger partial charge in [-0.2, -0.15) is 0 Å². The molecule has 2 atom stereocenters. The van der Waals surface area contributed by atoms with E-state index in [1.165, 1.54) is 22.2 Å². The molecule has 1 aromatic heterocycles. The largest absolute Gasteiger partial charge is 0.461 e. The molecular weight excluding hydrogens is 354 g/mol. The van der Waals surface area contributed by atoms with Crippen LogP contribution in [-0.2, 0) is 16.0 Å². The zero-order chi connectivity index (χ0) is 19.7. The van der Waals surface area contributed by atoms with Gasteiger partial charge in [-0.15, -0.1) is 0 Å². The molecule has 150 valence electrons. The summed E-state index contributed by atoms with van der Waals surface area (Å²) in [7, 11) is 0. The molecule has 1 fully saturated rings. The van der Waals surface area contributed by atoms with Crippen LogP contribution in [-0.4, -0.2) is 46.5 Å². The van der Waals surface area contributed by atoms with Gasteiger partial charge in [-0.3, -0.25) is 4.90 Å². The molecule has 0 unspecified atom stereocenters. The van der Waals surface area contributed by atoms with E-state index in [2.05, 4.69) is 46.2 Å². The van der Waals surface area contributed by atoms with Crippen LogP contribution < -0.4 is 0 Å². The lowest BCUT2D eigenvalue weighted by molar-refractivity contribution is -0.135. The summed E-state index contributed by atoms with van der Waals surface area (Å²) in [6.45, 7) is 6.31. The summed E-state index contributed by atoms with van der Waals surface area (Å²) < 4.78 is 5.13. The van der Waals surface area contributed by atoms with Gasteiger partial charge in [-0.1, -0.05) is 30.3 Å². The van der Waals surface area contributed by atoms with Crippen LogP contribution in [0.25, 0.3) is 10.9 Å². The Bertz CT molecular complexity index is 904. The number of carbonyl (C=O) groups excluding carboxylic acids is 1. The fraction of sp³-hybridized carbons (Fsp3) is 0.545. The van der Waals surface area contributed by atoms with Crippen molar-refractivity contribution in [2.24, 2.45) is 10.6 Å². The minimum atomic E-state index is -0.511. The van der Waals surface area contributed by atoms with Crippen LogP contribution in [0.15, 0.2) is 29.4 Å². The van der Waals surface area contributed by atoms with Crippen molar-refractivity contribution in [1.82, 2.24) is 9.88 Å². The van der Waals surface area contributed by atoms with Crippen molar-refractivity contribution in [2.75, 3.05) is 19.7 Å². The highest BCUT2D eigenvalue weighted by Gasteiger charge is 2.48. The zero-order valence-electron chi connectivity index (χ0n) is 16.7. The third-order valence-corrected chi connectivity index (χ3v) is 6.69. The van der Waals surface area contributed by atoms with Crippen LogP contribution in [0.1, 0.15) is 56.8 Å². The Hall–Kier alpha value is -2.34. The first-order chi connectivity index (χ1) is 13.6. The fourth-order valence-electron chi connectivity index (χ4n) is 5.37. The van der Waals surface area contributed by atoms with E-state index < -0.39 is 5.97 Å². The number of nitrogens with zero attached hydrogens (tertiary/aromatic N) is 2. The van der Waals surface area contributed by atoms with Crippen molar-refractivity contribution in [3.63, 3.8) is 0 Å². The van der Waals surface area contributed by atoms with E-state index >= 15 is 0 Å². The van der Waals surface area contributed by atoms with Crippen LogP contribution in [0.4, 0.5) is 0 Å². The lowest BCUT2D eigenvalue weighted by Crippen LogP contribution is -2.50. The molecule has 0 bridgehead atoms. The molecule has 0 saturated carbocycles. The van der Waals surface area contributed by atoms with Gasteiger partial charge in [0, 0.05) is 29.6 Å². The fourth-order valence-corrected chi connectivity index (χ4v) is 5.37. The molecule has 3 heterocycles. The van der Waals surface area contributed by atoms with E-state index in [1.54, 1.807) is 6.92 Å². The van der Waals surface area contributed by atoms with Crippen molar-refractivity contribution in [1.29, 1.82) is 0 Å². The first-order valence-electron chi connectivity index (χ1n) is 10.3. The van der Waals surface area contributed by atoms with Crippen molar-refractivity contribution in [3.05, 3.63) is 35.5 Å². The summed E-state index contributed by atoms with van der Waals surface area (Å²) in [6, 6.07) is 8.67. The highest BCUT2D eigenvalue weighted by atomic mass is 16.5. The molecule has 0 radical (unpaired) electrons. The number of nitrogens with one attached hydrogen (secondary N) is 1. The average molecular weight is 383 g/mol. The van der Waals surface area contributed by atoms with Gasteiger partial charge in [0.15, 0.2) is 5.71 Å². The van der Waals surface area contributed by atoms with E-state index in [9.17, 15) is 10.0 Å². The summed E-state index contributed by atoms with van der Waals surface area (Å²) >= 11 is 0. The minimum Gasteiger partial charge on any atom is -0.461 e. The Labute approximate surface area is 165 Å². The Morgan fingerprint density at radius 1 is 1.36 bits per heavy atom. The maximum absolute atomic E-state index is 12.3. The quantitative estimate of drug-likeness (QED) is 0.353. The molecule has 2 aliphatic heterocycles. The van der Waals surface area contributed by atoms with Crippen molar-refractivity contribution >= 4 is 22.6 Å². The lowest BCUT2D eigenvalue weighted by atomic mass is 9.65. The standard InChI is InChI=1S/C22H29N3O3/c1-3-22(14-18(24-27)21(26)28-4-2)11-7-12-25-13-10-16-15-8-5-6-9-17(15)23-19(16)20(22)25/h5-6,8-9,20,23,27H,3-4,7,10-14H2,1-2H3/b24-18+/t20-,22+/m1/s1.